The van der Waals surface area contributed by atoms with Crippen LogP contribution < -0.4 is 0 Å². The first-order valence-corrected chi connectivity index (χ1v) is 10.7. The second-order valence-electron chi connectivity index (χ2n) is 7.17. The Kier molecular flexibility index (Phi) is 6.92. The van der Waals surface area contributed by atoms with Gasteiger partial charge in [-0.2, -0.15) is 0 Å². The third-order valence-corrected chi connectivity index (χ3v) is 6.18. The van der Waals surface area contributed by atoms with Crippen molar-refractivity contribution in [2.45, 2.75) is 38.9 Å². The van der Waals surface area contributed by atoms with Gasteiger partial charge >= 0.3 is 0 Å². The van der Waals surface area contributed by atoms with Crippen molar-refractivity contribution >= 4 is 17.5 Å². The van der Waals surface area contributed by atoms with Gasteiger partial charge in [-0.15, -0.1) is 10.2 Å². The molecule has 0 amide bonds. The number of benzene rings is 1. The quantitative estimate of drug-likeness (QED) is 0.299. The minimum absolute atomic E-state index is 0.113. The average Bonchev–Trinajstić information content (AvgIpc) is 3.20. The highest BCUT2D eigenvalue weighted by atomic mass is 32.2. The summed E-state index contributed by atoms with van der Waals surface area (Å²) in [7, 11) is 3.65. The lowest BCUT2D eigenvalue weighted by Crippen LogP contribution is -2.08. The molecule has 3 rings (SSSR count). The van der Waals surface area contributed by atoms with Crippen molar-refractivity contribution in [3.05, 3.63) is 52.8 Å². The van der Waals surface area contributed by atoms with Crippen molar-refractivity contribution in [1.82, 2.24) is 19.3 Å². The zero-order chi connectivity index (χ0) is 21.0. The van der Waals surface area contributed by atoms with Crippen LogP contribution in [0.3, 0.4) is 0 Å². The number of nitrogens with zero attached hydrogens (tertiary/aromatic N) is 4. The lowest BCUT2D eigenvalue weighted by Gasteiger charge is -2.09. The van der Waals surface area contributed by atoms with Crippen LogP contribution in [0.1, 0.15) is 33.7 Å². The lowest BCUT2D eigenvalue weighted by molar-refractivity contribution is 0.102. The van der Waals surface area contributed by atoms with E-state index in [4.69, 9.17) is 4.74 Å². The minimum atomic E-state index is 0.113. The molecule has 2 heterocycles. The van der Waals surface area contributed by atoms with E-state index in [1.807, 2.05) is 49.7 Å². The number of carbonyl (C=O) groups excluding carboxylic acids is 1. The smallest absolute Gasteiger partial charge is 0.191 e. The summed E-state index contributed by atoms with van der Waals surface area (Å²) in [5.74, 6) is 1.26. The Bertz CT molecular complexity index is 1010. The van der Waals surface area contributed by atoms with Gasteiger partial charge in [0.25, 0.3) is 0 Å². The largest absolute Gasteiger partial charge is 0.385 e. The molecule has 0 aliphatic carbocycles. The molecule has 29 heavy (non-hydrogen) atoms. The van der Waals surface area contributed by atoms with E-state index in [0.717, 1.165) is 52.0 Å². The topological polar surface area (TPSA) is 61.9 Å². The lowest BCUT2D eigenvalue weighted by atomic mass is 10.1. The number of thioether (sulfide) groups is 1. The zero-order valence-corrected chi connectivity index (χ0v) is 18.5. The van der Waals surface area contributed by atoms with E-state index in [-0.39, 0.29) is 5.78 Å². The van der Waals surface area contributed by atoms with E-state index in [9.17, 15) is 4.79 Å². The van der Waals surface area contributed by atoms with Gasteiger partial charge in [0.1, 0.15) is 0 Å². The predicted octanol–water partition coefficient (Wildman–Crippen LogP) is 4.22. The third kappa shape index (κ3) is 4.62. The fraction of sp³-hybridized carbons (Fsp3) is 0.409. The summed E-state index contributed by atoms with van der Waals surface area (Å²) >= 11 is 1.43. The molecular weight excluding hydrogens is 384 g/mol. The summed E-state index contributed by atoms with van der Waals surface area (Å²) in [4.78, 5) is 12.9. The maximum Gasteiger partial charge on any atom is 0.191 e. The molecule has 6 nitrogen and oxygen atoms in total. The summed E-state index contributed by atoms with van der Waals surface area (Å²) in [5.41, 5.74) is 5.11. The van der Waals surface area contributed by atoms with Gasteiger partial charge in [0.2, 0.25) is 0 Å². The highest BCUT2D eigenvalue weighted by molar-refractivity contribution is 7.99. The van der Waals surface area contributed by atoms with Crippen LogP contribution in [0.4, 0.5) is 0 Å². The van der Waals surface area contributed by atoms with Crippen molar-refractivity contribution in [3.8, 4) is 11.4 Å². The fourth-order valence-electron chi connectivity index (χ4n) is 3.50. The average molecular weight is 413 g/mol. The number of methoxy groups -OCH3 is 1. The number of aromatic nitrogens is 4. The Hall–Kier alpha value is -2.38. The molecule has 3 aromatic rings. The van der Waals surface area contributed by atoms with Crippen LogP contribution in [-0.2, 0) is 18.3 Å². The van der Waals surface area contributed by atoms with Crippen molar-refractivity contribution in [3.63, 3.8) is 0 Å². The molecule has 2 aromatic heterocycles. The number of hydrogen-bond donors (Lipinski definition) is 0. The van der Waals surface area contributed by atoms with Crippen LogP contribution in [0.25, 0.3) is 11.4 Å². The number of hydrogen-bond acceptors (Lipinski definition) is 5. The third-order valence-electron chi connectivity index (χ3n) is 5.16. The number of ether oxygens (including phenoxy) is 1. The van der Waals surface area contributed by atoms with Gasteiger partial charge in [0, 0.05) is 49.8 Å². The van der Waals surface area contributed by atoms with Crippen molar-refractivity contribution < 1.29 is 9.53 Å². The van der Waals surface area contributed by atoms with Crippen molar-refractivity contribution in [2.75, 3.05) is 19.5 Å². The molecule has 154 valence electrons. The number of rotatable bonds is 9. The van der Waals surface area contributed by atoms with Crippen LogP contribution in [0.2, 0.25) is 0 Å². The molecule has 0 spiro atoms. The molecule has 0 bridgehead atoms. The minimum Gasteiger partial charge on any atom is -0.385 e. The second-order valence-corrected chi connectivity index (χ2v) is 8.12. The highest BCUT2D eigenvalue weighted by Gasteiger charge is 2.18. The highest BCUT2D eigenvalue weighted by Crippen LogP contribution is 2.26. The predicted molar refractivity (Wildman–Crippen MR) is 117 cm³/mol. The SMILES string of the molecule is COCCCn1c(C)cc(C(=O)CSc2nnc(-c3ccccc3C)n2C)c1C. The summed E-state index contributed by atoms with van der Waals surface area (Å²) in [5, 5.41) is 9.38. The molecule has 0 unspecified atom stereocenters. The van der Waals surface area contributed by atoms with Crippen molar-refractivity contribution in [1.29, 1.82) is 0 Å². The standard InChI is InChI=1S/C22H28N4O2S/c1-15-9-6-7-10-18(15)21-23-24-22(25(21)4)29-14-20(27)19-13-16(2)26(17(19)3)11-8-12-28-5/h6-7,9-10,13H,8,11-12,14H2,1-5H3. The molecule has 0 N–H and O–H groups in total. The first kappa shape index (κ1) is 21.3. The number of aryl methyl sites for hydroxylation is 2. The van der Waals surface area contributed by atoms with Gasteiger partial charge in [-0.05, 0) is 38.8 Å². The molecule has 7 heteroatoms. The normalized spacial score (nSPS) is 11.2. The summed E-state index contributed by atoms with van der Waals surface area (Å²) in [6, 6.07) is 10.1. The maximum absolute atomic E-state index is 12.9. The Labute approximate surface area is 176 Å². The first-order chi connectivity index (χ1) is 13.9. The molecule has 0 radical (unpaired) electrons. The van der Waals surface area contributed by atoms with E-state index in [1.54, 1.807) is 7.11 Å². The zero-order valence-electron chi connectivity index (χ0n) is 17.7. The molecule has 0 aliphatic rings. The summed E-state index contributed by atoms with van der Waals surface area (Å²) < 4.78 is 9.28. The maximum atomic E-state index is 12.9. The van der Waals surface area contributed by atoms with E-state index in [0.29, 0.717) is 12.4 Å². The van der Waals surface area contributed by atoms with E-state index < -0.39 is 0 Å². The molecule has 0 saturated carbocycles. The van der Waals surface area contributed by atoms with Gasteiger partial charge < -0.3 is 13.9 Å². The molecular formula is C22H28N4O2S. The second kappa shape index (κ2) is 9.41. The molecule has 0 fully saturated rings. The van der Waals surface area contributed by atoms with E-state index >= 15 is 0 Å². The van der Waals surface area contributed by atoms with Gasteiger partial charge in [-0.25, -0.2) is 0 Å². The summed E-state index contributed by atoms with van der Waals surface area (Å²) in [6.45, 7) is 7.68. The van der Waals surface area contributed by atoms with E-state index in [1.165, 1.54) is 11.8 Å². The van der Waals surface area contributed by atoms with Gasteiger partial charge in [0.05, 0.1) is 5.75 Å². The van der Waals surface area contributed by atoms with Gasteiger partial charge in [-0.3, -0.25) is 4.79 Å². The molecule has 0 atom stereocenters. The number of Topliss-reactive ketones (excluding diaryl/α,β-unsaturated/α-hetero) is 1. The Morgan fingerprint density at radius 2 is 1.93 bits per heavy atom. The molecule has 0 aliphatic heterocycles. The van der Waals surface area contributed by atoms with Gasteiger partial charge in [0.15, 0.2) is 16.8 Å². The van der Waals surface area contributed by atoms with Crippen LogP contribution in [0.15, 0.2) is 35.5 Å². The molecule has 0 saturated heterocycles. The first-order valence-electron chi connectivity index (χ1n) is 9.71. The van der Waals surface area contributed by atoms with Crippen LogP contribution in [-0.4, -0.2) is 44.6 Å². The monoisotopic (exact) mass is 412 g/mol. The Morgan fingerprint density at radius 3 is 2.66 bits per heavy atom. The number of ketones is 1. The van der Waals surface area contributed by atoms with Crippen LogP contribution in [0.5, 0.6) is 0 Å². The Balaban J connectivity index is 1.71. The van der Waals surface area contributed by atoms with Crippen LogP contribution in [0, 0.1) is 20.8 Å². The fourth-order valence-corrected chi connectivity index (χ4v) is 4.30. The van der Waals surface area contributed by atoms with Crippen LogP contribution >= 0.6 is 11.8 Å². The summed E-state index contributed by atoms with van der Waals surface area (Å²) in [6.07, 6.45) is 0.926. The molecule has 1 aromatic carbocycles. The Morgan fingerprint density at radius 1 is 1.17 bits per heavy atom. The van der Waals surface area contributed by atoms with E-state index in [2.05, 4.69) is 27.8 Å². The number of carbonyl (C=O) groups is 1. The van der Waals surface area contributed by atoms with Gasteiger partial charge in [-0.1, -0.05) is 36.0 Å². The van der Waals surface area contributed by atoms with Crippen molar-refractivity contribution in [2.24, 2.45) is 7.05 Å².